The third-order valence-corrected chi connectivity index (χ3v) is 7.90. The minimum absolute atomic E-state index is 0.183. The molecule has 3 aliphatic rings. The summed E-state index contributed by atoms with van der Waals surface area (Å²) in [5.41, 5.74) is 2.20. The smallest absolute Gasteiger partial charge is 0.323 e. The van der Waals surface area contributed by atoms with E-state index in [1.165, 1.54) is 12.8 Å². The van der Waals surface area contributed by atoms with Gasteiger partial charge in [-0.1, -0.05) is 0 Å². The molecule has 6 rings (SSSR count). The Morgan fingerprint density at radius 2 is 1.57 bits per heavy atom. The number of morpholine rings is 1. The molecular weight excluding hydrogens is 532 g/mol. The maximum absolute atomic E-state index is 12.7. The molecule has 11 heteroatoms. The highest BCUT2D eigenvalue weighted by molar-refractivity contribution is 5.99. The van der Waals surface area contributed by atoms with Crippen molar-refractivity contribution in [1.29, 1.82) is 0 Å². The lowest BCUT2D eigenvalue weighted by molar-refractivity contribution is 0.0897. The van der Waals surface area contributed by atoms with Crippen LogP contribution in [0.15, 0.2) is 48.5 Å². The fraction of sp³-hybridized carbons (Fsp3) is 0.484. The van der Waals surface area contributed by atoms with Gasteiger partial charge < -0.3 is 30.3 Å². The first-order valence-electron chi connectivity index (χ1n) is 15.0. The molecule has 2 amide bonds. The van der Waals surface area contributed by atoms with Crippen LogP contribution in [0.4, 0.5) is 28.1 Å². The quantitative estimate of drug-likeness (QED) is 0.314. The van der Waals surface area contributed by atoms with Crippen LogP contribution in [-0.2, 0) is 4.74 Å². The Labute approximate surface area is 247 Å². The average molecular weight is 573 g/mol. The predicted molar refractivity (Wildman–Crippen MR) is 164 cm³/mol. The van der Waals surface area contributed by atoms with E-state index in [0.29, 0.717) is 61.0 Å². The molecule has 3 fully saturated rings. The van der Waals surface area contributed by atoms with Crippen LogP contribution < -0.4 is 25.6 Å². The van der Waals surface area contributed by atoms with Crippen LogP contribution in [-0.4, -0.2) is 83.5 Å². The summed E-state index contributed by atoms with van der Waals surface area (Å²) >= 11 is 0. The zero-order valence-corrected chi connectivity index (χ0v) is 24.4. The van der Waals surface area contributed by atoms with Crippen LogP contribution in [0.3, 0.4) is 0 Å². The summed E-state index contributed by atoms with van der Waals surface area (Å²) in [7, 11) is 0. The van der Waals surface area contributed by atoms with Gasteiger partial charge >= 0.3 is 6.03 Å². The highest BCUT2D eigenvalue weighted by Gasteiger charge is 2.39. The molecule has 2 atom stereocenters. The van der Waals surface area contributed by atoms with E-state index < -0.39 is 0 Å². The van der Waals surface area contributed by atoms with Crippen LogP contribution in [0, 0.1) is 0 Å². The fourth-order valence-electron chi connectivity index (χ4n) is 5.82. The first-order chi connectivity index (χ1) is 20.5. The monoisotopic (exact) mass is 572 g/mol. The number of rotatable bonds is 10. The summed E-state index contributed by atoms with van der Waals surface area (Å²) in [4.78, 5) is 31.7. The lowest BCUT2D eigenvalue weighted by atomic mass is 10.2. The number of carbonyl (C=O) groups excluding carboxylic acids is 1. The van der Waals surface area contributed by atoms with Crippen LogP contribution >= 0.6 is 0 Å². The molecule has 3 N–H and O–H groups in total. The van der Waals surface area contributed by atoms with Crippen molar-refractivity contribution in [2.24, 2.45) is 0 Å². The number of anilines is 4. The fourth-order valence-corrected chi connectivity index (χ4v) is 5.82. The number of benzene rings is 2. The molecule has 1 aromatic heterocycles. The summed E-state index contributed by atoms with van der Waals surface area (Å²) in [6, 6.07) is 15.4. The second-order valence-electron chi connectivity index (χ2n) is 11.5. The number of aromatic nitrogens is 3. The normalized spacial score (nSPS) is 20.1. The second-order valence-corrected chi connectivity index (χ2v) is 11.5. The Hall–Kier alpha value is -3.96. The standard InChI is InChI=1S/C31H40N8O3/c1-21(2)32-29-35-28(36-30(37-29)39-25-11-12-26(39)20-41-19-25)22-5-7-23(8-6-22)33-31(40)34-24-9-13-27(14-10-24)42-18-17-38-15-3-4-16-38/h5-10,13-14,21,25-26H,3-4,11-12,15-20H2,1-2H3,(H2,33,34,40)(H,32,35,36,37). The van der Waals surface area contributed by atoms with Crippen molar-refractivity contribution in [3.8, 4) is 17.1 Å². The molecule has 0 radical (unpaired) electrons. The molecule has 2 aromatic carbocycles. The number of fused-ring (bicyclic) bond motifs is 2. The second kappa shape index (κ2) is 12.9. The Balaban J connectivity index is 1.07. The van der Waals surface area contributed by atoms with Crippen molar-refractivity contribution < 1.29 is 14.3 Å². The summed E-state index contributed by atoms with van der Waals surface area (Å²) in [5.74, 6) is 2.63. The third-order valence-electron chi connectivity index (χ3n) is 7.90. The minimum Gasteiger partial charge on any atom is -0.492 e. The van der Waals surface area contributed by atoms with Gasteiger partial charge in [-0.3, -0.25) is 4.90 Å². The summed E-state index contributed by atoms with van der Waals surface area (Å²) in [6.07, 6.45) is 4.72. The van der Waals surface area contributed by atoms with Crippen LogP contribution in [0.25, 0.3) is 11.4 Å². The van der Waals surface area contributed by atoms with Gasteiger partial charge in [0, 0.05) is 29.5 Å². The number of hydrogen-bond donors (Lipinski definition) is 3. The SMILES string of the molecule is CC(C)Nc1nc(-c2ccc(NC(=O)Nc3ccc(OCCN4CCCC4)cc3)cc2)nc(N2C3CCC2COC3)n1. The van der Waals surface area contributed by atoms with Crippen LogP contribution in [0.1, 0.15) is 39.5 Å². The number of ether oxygens (including phenoxy) is 2. The van der Waals surface area contributed by atoms with Gasteiger partial charge in [0.1, 0.15) is 12.4 Å². The van der Waals surface area contributed by atoms with Gasteiger partial charge in [0.2, 0.25) is 11.9 Å². The first-order valence-corrected chi connectivity index (χ1v) is 15.0. The minimum atomic E-state index is -0.320. The summed E-state index contributed by atoms with van der Waals surface area (Å²) in [6.45, 7) is 9.45. The van der Waals surface area contributed by atoms with Gasteiger partial charge in [0.05, 0.1) is 25.3 Å². The van der Waals surface area contributed by atoms with Gasteiger partial charge in [-0.2, -0.15) is 15.0 Å². The van der Waals surface area contributed by atoms with Gasteiger partial charge in [-0.25, -0.2) is 4.79 Å². The van der Waals surface area contributed by atoms with Crippen LogP contribution in [0.2, 0.25) is 0 Å². The molecule has 3 aliphatic heterocycles. The number of amides is 2. The average Bonchev–Trinajstić information content (AvgIpc) is 3.59. The van der Waals surface area contributed by atoms with Crippen molar-refractivity contribution in [1.82, 2.24) is 19.9 Å². The number of nitrogens with zero attached hydrogens (tertiary/aromatic N) is 5. The van der Waals surface area contributed by atoms with Gasteiger partial charge in [-0.15, -0.1) is 0 Å². The van der Waals surface area contributed by atoms with E-state index in [1.54, 1.807) is 0 Å². The number of urea groups is 1. The zero-order chi connectivity index (χ0) is 28.9. The zero-order valence-electron chi connectivity index (χ0n) is 24.4. The molecule has 3 saturated heterocycles. The van der Waals surface area contributed by atoms with Crippen molar-refractivity contribution in [3.63, 3.8) is 0 Å². The molecule has 42 heavy (non-hydrogen) atoms. The Kier molecular flexibility index (Phi) is 8.66. The van der Waals surface area contributed by atoms with Crippen molar-refractivity contribution in [2.45, 2.75) is 57.7 Å². The van der Waals surface area contributed by atoms with E-state index in [4.69, 9.17) is 24.4 Å². The van der Waals surface area contributed by atoms with Crippen LogP contribution in [0.5, 0.6) is 5.75 Å². The molecule has 11 nitrogen and oxygen atoms in total. The number of carbonyl (C=O) groups is 1. The largest absolute Gasteiger partial charge is 0.492 e. The van der Waals surface area contributed by atoms with Gasteiger partial charge in [-0.05, 0) is 101 Å². The van der Waals surface area contributed by atoms with E-state index in [1.807, 2.05) is 48.5 Å². The predicted octanol–water partition coefficient (Wildman–Crippen LogP) is 4.85. The highest BCUT2D eigenvalue weighted by Crippen LogP contribution is 2.33. The molecular formula is C31H40N8O3. The number of nitrogens with one attached hydrogen (secondary N) is 3. The third kappa shape index (κ3) is 6.91. The maximum Gasteiger partial charge on any atom is 0.323 e. The Bertz CT molecular complexity index is 1330. The summed E-state index contributed by atoms with van der Waals surface area (Å²) < 4.78 is 11.6. The Morgan fingerprint density at radius 1 is 0.929 bits per heavy atom. The van der Waals surface area contributed by atoms with E-state index in [9.17, 15) is 4.79 Å². The molecule has 0 aliphatic carbocycles. The maximum atomic E-state index is 12.7. The molecule has 222 valence electrons. The van der Waals surface area contributed by atoms with Crippen molar-refractivity contribution in [2.75, 3.05) is 60.3 Å². The van der Waals surface area contributed by atoms with Gasteiger partial charge in [0.25, 0.3) is 0 Å². The number of hydrogen-bond acceptors (Lipinski definition) is 9. The van der Waals surface area contributed by atoms with Crippen molar-refractivity contribution in [3.05, 3.63) is 48.5 Å². The molecule has 2 unspecified atom stereocenters. The van der Waals surface area contributed by atoms with Gasteiger partial charge in [0.15, 0.2) is 5.82 Å². The van der Waals surface area contributed by atoms with E-state index in [0.717, 1.165) is 43.8 Å². The van der Waals surface area contributed by atoms with Crippen molar-refractivity contribution >= 4 is 29.3 Å². The van der Waals surface area contributed by atoms with E-state index >= 15 is 0 Å². The molecule has 0 saturated carbocycles. The molecule has 2 bridgehead atoms. The Morgan fingerprint density at radius 3 is 2.21 bits per heavy atom. The summed E-state index contributed by atoms with van der Waals surface area (Å²) in [5, 5.41) is 9.11. The molecule has 0 spiro atoms. The highest BCUT2D eigenvalue weighted by atomic mass is 16.5. The first kappa shape index (κ1) is 28.2. The van der Waals surface area contributed by atoms with E-state index in [-0.39, 0.29) is 12.1 Å². The number of likely N-dealkylation sites (tertiary alicyclic amines) is 1. The topological polar surface area (TPSA) is 117 Å². The lowest BCUT2D eigenvalue weighted by Crippen LogP contribution is -2.47. The van der Waals surface area contributed by atoms with E-state index in [2.05, 4.69) is 39.6 Å². The molecule has 4 heterocycles. The molecule has 3 aromatic rings. The lowest BCUT2D eigenvalue weighted by Gasteiger charge is -2.34.